The van der Waals surface area contributed by atoms with Crippen LogP contribution in [-0.2, 0) is 5.88 Å². The van der Waals surface area contributed by atoms with E-state index in [1.54, 1.807) is 0 Å². The molecule has 19 heavy (non-hydrogen) atoms. The van der Waals surface area contributed by atoms with Crippen LogP contribution in [0.2, 0.25) is 0 Å². The molecule has 1 unspecified atom stereocenters. The number of anilines is 1. The number of rotatable bonds is 2. The van der Waals surface area contributed by atoms with Gasteiger partial charge in [0, 0.05) is 18.0 Å². The average Bonchev–Trinajstić information content (AvgIpc) is 2.46. The number of hydrogen-bond donors (Lipinski definition) is 0. The van der Waals surface area contributed by atoms with E-state index in [1.807, 2.05) is 0 Å². The molecule has 0 aliphatic carbocycles. The quantitative estimate of drug-likeness (QED) is 0.757. The van der Waals surface area contributed by atoms with Gasteiger partial charge in [-0.1, -0.05) is 24.3 Å². The molecular weight excluding hydrogens is 256 g/mol. The average molecular weight is 275 g/mol. The molecule has 0 saturated carbocycles. The van der Waals surface area contributed by atoms with E-state index in [2.05, 4.69) is 42.2 Å². The Morgan fingerprint density at radius 1 is 1.32 bits per heavy atom. The van der Waals surface area contributed by atoms with Crippen LogP contribution in [-0.4, -0.2) is 17.6 Å². The first kappa shape index (κ1) is 12.7. The molecular formula is C16H19ClN2. The molecule has 1 aliphatic heterocycles. The van der Waals surface area contributed by atoms with Crippen molar-refractivity contribution >= 4 is 28.2 Å². The maximum absolute atomic E-state index is 5.99. The van der Waals surface area contributed by atoms with Gasteiger partial charge in [0.15, 0.2) is 0 Å². The van der Waals surface area contributed by atoms with Crippen LogP contribution in [0.1, 0.15) is 31.9 Å². The lowest BCUT2D eigenvalue weighted by molar-refractivity contribution is 0.482. The topological polar surface area (TPSA) is 16.1 Å². The van der Waals surface area contributed by atoms with Gasteiger partial charge in [-0.3, -0.25) is 0 Å². The third kappa shape index (κ3) is 2.42. The molecule has 3 heteroatoms. The van der Waals surface area contributed by atoms with Crippen molar-refractivity contribution in [2.24, 2.45) is 0 Å². The maximum atomic E-state index is 5.99. The van der Waals surface area contributed by atoms with Gasteiger partial charge in [-0.2, -0.15) is 0 Å². The molecule has 100 valence electrons. The minimum atomic E-state index is 0.472. The van der Waals surface area contributed by atoms with Gasteiger partial charge in [0.25, 0.3) is 0 Å². The number of benzene rings is 1. The molecule has 1 saturated heterocycles. The lowest BCUT2D eigenvalue weighted by Gasteiger charge is -2.35. The largest absolute Gasteiger partial charge is 0.353 e. The predicted molar refractivity (Wildman–Crippen MR) is 82.0 cm³/mol. The van der Waals surface area contributed by atoms with Crippen molar-refractivity contribution in [1.29, 1.82) is 0 Å². The fourth-order valence-electron chi connectivity index (χ4n) is 2.93. The highest BCUT2D eigenvalue weighted by atomic mass is 35.5. The summed E-state index contributed by atoms with van der Waals surface area (Å²) in [5.74, 6) is 1.58. The first-order valence-electron chi connectivity index (χ1n) is 7.01. The molecule has 1 aromatic heterocycles. The second-order valence-electron chi connectivity index (χ2n) is 5.33. The van der Waals surface area contributed by atoms with Crippen molar-refractivity contribution < 1.29 is 0 Å². The van der Waals surface area contributed by atoms with Gasteiger partial charge in [0.1, 0.15) is 5.82 Å². The number of piperidine rings is 1. The Labute approximate surface area is 119 Å². The zero-order valence-electron chi connectivity index (χ0n) is 11.3. The van der Waals surface area contributed by atoms with Crippen LogP contribution in [0.4, 0.5) is 5.82 Å². The van der Waals surface area contributed by atoms with E-state index >= 15 is 0 Å². The van der Waals surface area contributed by atoms with Gasteiger partial charge in [0.05, 0.1) is 11.6 Å². The molecule has 0 amide bonds. The molecule has 0 radical (unpaired) electrons. The third-order valence-electron chi connectivity index (χ3n) is 3.99. The number of hydrogen-bond acceptors (Lipinski definition) is 2. The molecule has 1 fully saturated rings. The van der Waals surface area contributed by atoms with E-state index in [9.17, 15) is 0 Å². The van der Waals surface area contributed by atoms with E-state index in [1.165, 1.54) is 30.0 Å². The van der Waals surface area contributed by atoms with E-state index in [0.717, 1.165) is 18.1 Å². The summed E-state index contributed by atoms with van der Waals surface area (Å²) >= 11 is 5.99. The van der Waals surface area contributed by atoms with E-state index in [4.69, 9.17) is 16.6 Å². The first-order valence-corrected chi connectivity index (χ1v) is 7.54. The van der Waals surface area contributed by atoms with Crippen LogP contribution in [0.25, 0.3) is 10.8 Å². The lowest BCUT2D eigenvalue weighted by atomic mass is 10.0. The highest BCUT2D eigenvalue weighted by Crippen LogP contribution is 2.30. The summed E-state index contributed by atoms with van der Waals surface area (Å²) in [5.41, 5.74) is 0.966. The molecule has 0 spiro atoms. The second-order valence-corrected chi connectivity index (χ2v) is 5.60. The Kier molecular flexibility index (Phi) is 3.61. The fraction of sp³-hybridized carbons (Fsp3) is 0.438. The van der Waals surface area contributed by atoms with Gasteiger partial charge < -0.3 is 4.90 Å². The molecule has 0 N–H and O–H groups in total. The number of fused-ring (bicyclic) bond motifs is 1. The van der Waals surface area contributed by atoms with E-state index in [0.29, 0.717) is 11.9 Å². The summed E-state index contributed by atoms with van der Waals surface area (Å²) in [5, 5.41) is 2.48. The number of nitrogens with zero attached hydrogens (tertiary/aromatic N) is 2. The van der Waals surface area contributed by atoms with Gasteiger partial charge in [-0.25, -0.2) is 4.98 Å². The van der Waals surface area contributed by atoms with Crippen molar-refractivity contribution in [2.45, 2.75) is 38.1 Å². The summed E-state index contributed by atoms with van der Waals surface area (Å²) < 4.78 is 0. The normalized spacial score (nSPS) is 19.9. The van der Waals surface area contributed by atoms with Gasteiger partial charge in [0.2, 0.25) is 0 Å². The van der Waals surface area contributed by atoms with Crippen LogP contribution in [0.5, 0.6) is 0 Å². The Hall–Kier alpha value is -1.28. The minimum absolute atomic E-state index is 0.472. The Morgan fingerprint density at radius 2 is 2.16 bits per heavy atom. The Bertz CT molecular complexity index is 582. The summed E-state index contributed by atoms with van der Waals surface area (Å²) in [4.78, 5) is 7.23. The van der Waals surface area contributed by atoms with E-state index in [-0.39, 0.29) is 0 Å². The molecule has 2 nitrogen and oxygen atoms in total. The lowest BCUT2D eigenvalue weighted by Crippen LogP contribution is -2.38. The van der Waals surface area contributed by atoms with Crippen molar-refractivity contribution in [1.82, 2.24) is 4.98 Å². The summed E-state index contributed by atoms with van der Waals surface area (Å²) in [6, 6.07) is 11.1. The molecule has 2 aromatic rings. The molecule has 1 aromatic carbocycles. The molecule has 3 rings (SSSR count). The van der Waals surface area contributed by atoms with Crippen LogP contribution in [0, 0.1) is 0 Å². The molecule has 1 aliphatic rings. The van der Waals surface area contributed by atoms with Crippen molar-refractivity contribution in [3.63, 3.8) is 0 Å². The number of pyridine rings is 1. The zero-order valence-corrected chi connectivity index (χ0v) is 12.0. The van der Waals surface area contributed by atoms with Gasteiger partial charge in [-0.05, 0) is 37.6 Å². The Balaban J connectivity index is 2.14. The van der Waals surface area contributed by atoms with Gasteiger partial charge in [-0.15, -0.1) is 11.6 Å². The SMILES string of the molecule is CC1CCCCN1c1nc(CCl)cc2ccccc12. The summed E-state index contributed by atoms with van der Waals surface area (Å²) in [6.45, 7) is 3.40. The maximum Gasteiger partial charge on any atom is 0.137 e. The van der Waals surface area contributed by atoms with Crippen molar-refractivity contribution in [3.05, 3.63) is 36.0 Å². The number of aromatic nitrogens is 1. The predicted octanol–water partition coefficient (Wildman–Crippen LogP) is 4.35. The smallest absolute Gasteiger partial charge is 0.137 e. The standard InChI is InChI=1S/C16H19ClN2/c1-12-6-4-5-9-19(12)16-15-8-3-2-7-13(15)10-14(11-17)18-16/h2-3,7-8,10,12H,4-6,9,11H2,1H3. The number of alkyl halides is 1. The van der Waals surface area contributed by atoms with Crippen LogP contribution in [0.15, 0.2) is 30.3 Å². The monoisotopic (exact) mass is 274 g/mol. The van der Waals surface area contributed by atoms with E-state index < -0.39 is 0 Å². The highest BCUT2D eigenvalue weighted by molar-refractivity contribution is 6.17. The van der Waals surface area contributed by atoms with Crippen molar-refractivity contribution in [2.75, 3.05) is 11.4 Å². The van der Waals surface area contributed by atoms with Crippen LogP contribution < -0.4 is 4.90 Å². The van der Waals surface area contributed by atoms with Crippen LogP contribution in [0.3, 0.4) is 0 Å². The number of halogens is 1. The summed E-state index contributed by atoms with van der Waals surface area (Å²) in [7, 11) is 0. The highest BCUT2D eigenvalue weighted by Gasteiger charge is 2.21. The molecule has 2 heterocycles. The first-order chi connectivity index (χ1) is 9.29. The fourth-order valence-corrected chi connectivity index (χ4v) is 3.07. The third-order valence-corrected chi connectivity index (χ3v) is 4.26. The van der Waals surface area contributed by atoms with Crippen molar-refractivity contribution in [3.8, 4) is 0 Å². The molecule has 1 atom stereocenters. The summed E-state index contributed by atoms with van der Waals surface area (Å²) in [6.07, 6.45) is 3.83. The zero-order chi connectivity index (χ0) is 13.2. The Morgan fingerprint density at radius 3 is 2.95 bits per heavy atom. The second kappa shape index (κ2) is 5.38. The molecule has 0 bridgehead atoms. The minimum Gasteiger partial charge on any atom is -0.353 e. The van der Waals surface area contributed by atoms with Crippen LogP contribution >= 0.6 is 11.6 Å². The van der Waals surface area contributed by atoms with Gasteiger partial charge >= 0.3 is 0 Å².